The van der Waals surface area contributed by atoms with Gasteiger partial charge in [0.1, 0.15) is 11.6 Å². The molecule has 0 radical (unpaired) electrons. The van der Waals surface area contributed by atoms with E-state index in [4.69, 9.17) is 10.5 Å². The molecule has 0 saturated carbocycles. The van der Waals surface area contributed by atoms with Crippen LogP contribution in [0.5, 0.6) is 0 Å². The Balaban J connectivity index is 2.42. The van der Waals surface area contributed by atoms with Gasteiger partial charge < -0.3 is 15.8 Å². The van der Waals surface area contributed by atoms with Gasteiger partial charge in [0.05, 0.1) is 12.1 Å². The summed E-state index contributed by atoms with van der Waals surface area (Å²) in [7, 11) is 0. The quantitative estimate of drug-likeness (QED) is 0.348. The molecule has 8 nitrogen and oxygen atoms in total. The summed E-state index contributed by atoms with van der Waals surface area (Å²) in [5.41, 5.74) is 8.20. The van der Waals surface area contributed by atoms with Crippen molar-refractivity contribution >= 4 is 17.8 Å². The minimum Gasteiger partial charge on any atom is -0.442 e. The number of hydrazine groups is 1. The third-order valence-electron chi connectivity index (χ3n) is 4.64. The van der Waals surface area contributed by atoms with E-state index >= 15 is 0 Å². The summed E-state index contributed by atoms with van der Waals surface area (Å²) in [4.78, 5) is 39.4. The molecule has 4 N–H and O–H groups in total. The maximum atomic E-state index is 13.5. The lowest BCUT2D eigenvalue weighted by Gasteiger charge is -2.35. The number of ether oxygens (including phenoxy) is 1. The van der Waals surface area contributed by atoms with Crippen LogP contribution >= 0.6 is 0 Å². The maximum Gasteiger partial charge on any atom is 0.429 e. The van der Waals surface area contributed by atoms with Crippen molar-refractivity contribution in [3.63, 3.8) is 0 Å². The number of ketones is 1. The van der Waals surface area contributed by atoms with E-state index in [2.05, 4.69) is 10.7 Å². The molecule has 1 aliphatic rings. The van der Waals surface area contributed by atoms with E-state index in [0.29, 0.717) is 18.5 Å². The first-order valence-electron chi connectivity index (χ1n) is 10.6. The first-order chi connectivity index (χ1) is 14.5. The van der Waals surface area contributed by atoms with Gasteiger partial charge in [-0.15, -0.1) is 0 Å². The summed E-state index contributed by atoms with van der Waals surface area (Å²) in [6.45, 7) is 9.61. The second kappa shape index (κ2) is 10.5. The molecule has 8 heteroatoms. The molecule has 1 heterocycles. The summed E-state index contributed by atoms with van der Waals surface area (Å²) < 4.78 is 5.52. The maximum absolute atomic E-state index is 13.5. The Hall–Kier alpha value is -2.71. The number of hydrogen-bond donors (Lipinski definition) is 3. The molecule has 0 fully saturated rings. The summed E-state index contributed by atoms with van der Waals surface area (Å²) in [6, 6.07) is 6.27. The number of benzene rings is 1. The second-order valence-electron chi connectivity index (χ2n) is 9.10. The molecule has 31 heavy (non-hydrogen) atoms. The number of Topliss-reactive ketones (excluding diaryl/α,β-unsaturated/α-hetero) is 1. The van der Waals surface area contributed by atoms with Crippen LogP contribution in [0.25, 0.3) is 0 Å². The molecule has 0 spiro atoms. The molecule has 1 aromatic carbocycles. The highest BCUT2D eigenvalue weighted by Gasteiger charge is 2.40. The van der Waals surface area contributed by atoms with Crippen molar-refractivity contribution in [3.05, 3.63) is 48.0 Å². The average molecular weight is 431 g/mol. The van der Waals surface area contributed by atoms with Crippen molar-refractivity contribution in [1.29, 1.82) is 0 Å². The van der Waals surface area contributed by atoms with E-state index in [9.17, 15) is 14.4 Å². The second-order valence-corrected chi connectivity index (χ2v) is 9.10. The minimum absolute atomic E-state index is 0.192. The number of nitrogens with one attached hydrogen (secondary N) is 2. The fourth-order valence-electron chi connectivity index (χ4n) is 3.27. The highest BCUT2D eigenvalue weighted by Crippen LogP contribution is 2.19. The normalized spacial score (nSPS) is 17.8. The number of carbonyl (C=O) groups excluding carboxylic acids is 3. The Kier molecular flexibility index (Phi) is 8.36. The standard InChI is InChI=1S/C23H34N4O4/c1-15(2)14-17(24)21(29)26-27(22(30)31-23(3,4)5)19(18-12-9-13-25-18)20(28)16-10-7-6-8-11-16/h6-12,15,17-19,25H,13-14,24H2,1-5H3,(H,26,29)/t17-,18-,19?/m0/s1. The van der Waals surface area contributed by atoms with Gasteiger partial charge in [0.15, 0.2) is 5.78 Å². The van der Waals surface area contributed by atoms with Crippen molar-refractivity contribution < 1.29 is 19.1 Å². The van der Waals surface area contributed by atoms with Crippen molar-refractivity contribution in [3.8, 4) is 0 Å². The van der Waals surface area contributed by atoms with Crippen LogP contribution in [-0.2, 0) is 9.53 Å². The van der Waals surface area contributed by atoms with Gasteiger partial charge in [-0.2, -0.15) is 0 Å². The number of carbonyl (C=O) groups is 3. The predicted octanol–water partition coefficient (Wildman–Crippen LogP) is 2.41. The highest BCUT2D eigenvalue weighted by molar-refractivity contribution is 6.02. The topological polar surface area (TPSA) is 114 Å². The average Bonchev–Trinajstić information content (AvgIpc) is 3.20. The number of rotatable bonds is 7. The smallest absolute Gasteiger partial charge is 0.429 e. The molecule has 1 aromatic rings. The zero-order valence-corrected chi connectivity index (χ0v) is 18.9. The fourth-order valence-corrected chi connectivity index (χ4v) is 3.27. The van der Waals surface area contributed by atoms with E-state index in [0.717, 1.165) is 5.01 Å². The van der Waals surface area contributed by atoms with Gasteiger partial charge in [-0.1, -0.05) is 56.3 Å². The third kappa shape index (κ3) is 7.18. The largest absolute Gasteiger partial charge is 0.442 e. The Bertz CT molecular complexity index is 802. The lowest BCUT2D eigenvalue weighted by molar-refractivity contribution is -0.128. The molecule has 0 aromatic heterocycles. The van der Waals surface area contributed by atoms with Crippen LogP contribution in [-0.4, -0.2) is 53.1 Å². The van der Waals surface area contributed by atoms with Crippen LogP contribution in [0, 0.1) is 5.92 Å². The van der Waals surface area contributed by atoms with Gasteiger partial charge in [-0.05, 0) is 33.1 Å². The molecule has 0 aliphatic carbocycles. The highest BCUT2D eigenvalue weighted by atomic mass is 16.6. The lowest BCUT2D eigenvalue weighted by Crippen LogP contribution is -2.63. The van der Waals surface area contributed by atoms with Gasteiger partial charge in [-0.3, -0.25) is 15.0 Å². The molecule has 2 amide bonds. The Morgan fingerprint density at radius 2 is 1.87 bits per heavy atom. The minimum atomic E-state index is -1.05. The van der Waals surface area contributed by atoms with Crippen LogP contribution in [0.4, 0.5) is 4.79 Å². The summed E-state index contributed by atoms with van der Waals surface area (Å²) >= 11 is 0. The van der Waals surface area contributed by atoms with E-state index in [1.807, 2.05) is 26.0 Å². The van der Waals surface area contributed by atoms with E-state index < -0.39 is 35.7 Å². The van der Waals surface area contributed by atoms with Gasteiger partial charge in [0.2, 0.25) is 0 Å². The summed E-state index contributed by atoms with van der Waals surface area (Å²) in [6.07, 6.45) is 3.29. The van der Waals surface area contributed by atoms with E-state index in [-0.39, 0.29) is 11.7 Å². The molecule has 1 aliphatic heterocycles. The predicted molar refractivity (Wildman–Crippen MR) is 119 cm³/mol. The number of amides is 2. The van der Waals surface area contributed by atoms with Crippen molar-refractivity contribution in [2.24, 2.45) is 11.7 Å². The van der Waals surface area contributed by atoms with Gasteiger partial charge in [-0.25, -0.2) is 9.80 Å². The SMILES string of the molecule is CC(C)C[C@H](N)C(=O)NN(C(=O)OC(C)(C)C)C(C(=O)c1ccccc1)[C@@H]1C=CCN1. The molecule has 170 valence electrons. The monoisotopic (exact) mass is 430 g/mol. The molecule has 1 unspecified atom stereocenters. The van der Waals surface area contributed by atoms with Crippen LogP contribution < -0.4 is 16.5 Å². The van der Waals surface area contributed by atoms with Crippen LogP contribution in [0.3, 0.4) is 0 Å². The molecule has 3 atom stereocenters. The van der Waals surface area contributed by atoms with Crippen molar-refractivity contribution in [2.45, 2.75) is 64.8 Å². The first kappa shape index (κ1) is 24.6. The van der Waals surface area contributed by atoms with E-state index in [1.54, 1.807) is 51.1 Å². The van der Waals surface area contributed by atoms with Crippen LogP contribution in [0.15, 0.2) is 42.5 Å². The van der Waals surface area contributed by atoms with Crippen molar-refractivity contribution in [2.75, 3.05) is 6.54 Å². The third-order valence-corrected chi connectivity index (χ3v) is 4.64. The van der Waals surface area contributed by atoms with Crippen molar-refractivity contribution in [1.82, 2.24) is 15.8 Å². The van der Waals surface area contributed by atoms with Gasteiger partial charge in [0.25, 0.3) is 5.91 Å². The van der Waals surface area contributed by atoms with Crippen LogP contribution in [0.1, 0.15) is 51.4 Å². The fraction of sp³-hybridized carbons (Fsp3) is 0.522. The number of nitrogens with zero attached hydrogens (tertiary/aromatic N) is 1. The molecule has 0 bridgehead atoms. The Morgan fingerprint density at radius 1 is 1.23 bits per heavy atom. The first-order valence-corrected chi connectivity index (χ1v) is 10.6. The van der Waals surface area contributed by atoms with E-state index in [1.165, 1.54) is 0 Å². The summed E-state index contributed by atoms with van der Waals surface area (Å²) in [5.74, 6) is -0.683. The zero-order valence-electron chi connectivity index (χ0n) is 18.9. The molecular weight excluding hydrogens is 396 g/mol. The molecule has 2 rings (SSSR count). The molecular formula is C23H34N4O4. The van der Waals surface area contributed by atoms with Crippen LogP contribution in [0.2, 0.25) is 0 Å². The van der Waals surface area contributed by atoms with Gasteiger partial charge in [0, 0.05) is 12.1 Å². The summed E-state index contributed by atoms with van der Waals surface area (Å²) in [5, 5.41) is 4.16. The number of hydrogen-bond acceptors (Lipinski definition) is 6. The lowest BCUT2D eigenvalue weighted by atomic mass is 9.97. The zero-order chi connectivity index (χ0) is 23.2. The number of nitrogens with two attached hydrogens (primary N) is 1. The molecule has 0 saturated heterocycles. The Morgan fingerprint density at radius 3 is 2.39 bits per heavy atom. The Labute approximate surface area is 184 Å². The van der Waals surface area contributed by atoms with Gasteiger partial charge >= 0.3 is 6.09 Å².